The third-order valence-corrected chi connectivity index (χ3v) is 7.50. The van der Waals surface area contributed by atoms with Crippen molar-refractivity contribution in [2.75, 3.05) is 25.7 Å². The average molecular weight is 604 g/mol. The van der Waals surface area contributed by atoms with Crippen LogP contribution in [0.1, 0.15) is 53.6 Å². The second-order valence-electron chi connectivity index (χ2n) is 9.94. The molecule has 0 aliphatic rings. The number of carboxylic acid groups (broad SMARTS) is 1. The minimum absolute atomic E-state index is 0.278. The summed E-state index contributed by atoms with van der Waals surface area (Å²) in [6.45, 7) is 7.02. The lowest BCUT2D eigenvalue weighted by Gasteiger charge is -2.18. The number of hydrogen-bond donors (Lipinski definition) is 2. The molecule has 7 nitrogen and oxygen atoms in total. The molecule has 8 heteroatoms. The number of carbonyl (C=O) groups is 2. The Morgan fingerprint density at radius 1 is 0.977 bits per heavy atom. The molecule has 4 rings (SSSR count). The molecular formula is C35H41NO6S. The molecule has 1 aromatic heterocycles. The predicted molar refractivity (Wildman–Crippen MR) is 173 cm³/mol. The molecule has 0 aliphatic carbocycles. The third kappa shape index (κ3) is 9.85. The third-order valence-electron chi connectivity index (χ3n) is 6.85. The highest BCUT2D eigenvalue weighted by Crippen LogP contribution is 2.30. The van der Waals surface area contributed by atoms with Crippen LogP contribution in [0.4, 0.5) is 0 Å². The number of benzene rings is 3. The molecular weight excluding hydrogens is 562 g/mol. The Hall–Kier alpha value is -3.85. The van der Waals surface area contributed by atoms with Gasteiger partial charge in [-0.1, -0.05) is 60.7 Å². The normalized spacial score (nSPS) is 12.1. The summed E-state index contributed by atoms with van der Waals surface area (Å²) in [5.74, 6) is 0.706. The molecule has 228 valence electrons. The number of ether oxygens (including phenoxy) is 2. The van der Waals surface area contributed by atoms with Crippen LogP contribution < -0.4 is 5.32 Å². The molecule has 0 spiro atoms. The van der Waals surface area contributed by atoms with Gasteiger partial charge in [-0.2, -0.15) is 11.8 Å². The monoisotopic (exact) mass is 603 g/mol. The summed E-state index contributed by atoms with van der Waals surface area (Å²) in [6.07, 6.45) is 1.98. The van der Waals surface area contributed by atoms with Gasteiger partial charge in [-0.3, -0.25) is 4.79 Å². The predicted octanol–water partition coefficient (Wildman–Crippen LogP) is 7.79. The fourth-order valence-electron chi connectivity index (χ4n) is 4.34. The summed E-state index contributed by atoms with van der Waals surface area (Å²) >= 11 is 1.55. The van der Waals surface area contributed by atoms with Crippen LogP contribution in [0.2, 0.25) is 0 Å². The molecule has 3 aromatic carbocycles. The van der Waals surface area contributed by atoms with Crippen LogP contribution in [0.5, 0.6) is 0 Å². The molecule has 0 saturated heterocycles. The van der Waals surface area contributed by atoms with E-state index in [4.69, 9.17) is 9.15 Å². The Morgan fingerprint density at radius 2 is 1.67 bits per heavy atom. The lowest BCUT2D eigenvalue weighted by atomic mass is 9.93. The summed E-state index contributed by atoms with van der Waals surface area (Å²) in [6, 6.07) is 26.2. The topological polar surface area (TPSA) is 98.0 Å². The van der Waals surface area contributed by atoms with E-state index in [2.05, 4.69) is 10.1 Å². The van der Waals surface area contributed by atoms with Crippen LogP contribution in [0.25, 0.3) is 22.5 Å². The van der Waals surface area contributed by atoms with Gasteiger partial charge in [-0.15, -0.1) is 0 Å². The molecule has 1 heterocycles. The maximum Gasteiger partial charge on any atom is 0.326 e. The minimum atomic E-state index is -1.04. The smallest absolute Gasteiger partial charge is 0.326 e. The molecule has 43 heavy (non-hydrogen) atoms. The number of nitrogens with one attached hydrogen (secondary N) is 1. The van der Waals surface area contributed by atoms with Crippen LogP contribution in [0, 0.1) is 6.92 Å². The van der Waals surface area contributed by atoms with E-state index in [1.165, 1.54) is 0 Å². The zero-order chi connectivity index (χ0) is 31.2. The number of carboxylic acids is 1. The molecule has 0 aliphatic heterocycles. The van der Waals surface area contributed by atoms with Gasteiger partial charge in [0.25, 0.3) is 5.91 Å². The summed E-state index contributed by atoms with van der Waals surface area (Å²) in [7, 11) is 1.68. The van der Waals surface area contributed by atoms with Crippen molar-refractivity contribution in [3.05, 3.63) is 107 Å². The molecule has 0 saturated carbocycles. The summed E-state index contributed by atoms with van der Waals surface area (Å²) in [5, 5.41) is 12.3. The Labute approximate surface area is 258 Å². The average Bonchev–Trinajstić information content (AvgIpc) is 3.53. The molecule has 0 bridgehead atoms. The number of thioether (sulfide) groups is 1. The highest BCUT2D eigenvalue weighted by atomic mass is 32.2. The molecule has 4 aromatic rings. The van der Waals surface area contributed by atoms with Crippen LogP contribution in [0.15, 0.2) is 89.3 Å². The van der Waals surface area contributed by atoms with Gasteiger partial charge in [-0.05, 0) is 85.7 Å². The highest BCUT2D eigenvalue weighted by molar-refractivity contribution is 7.98. The number of carbonyl (C=O) groups excluding carboxylic acids is 1. The molecule has 0 fully saturated rings. The molecule has 2 N–H and O–H groups in total. The van der Waals surface area contributed by atoms with E-state index in [-0.39, 0.29) is 6.10 Å². The van der Waals surface area contributed by atoms with Gasteiger partial charge < -0.3 is 24.3 Å². The van der Waals surface area contributed by atoms with E-state index in [9.17, 15) is 14.7 Å². The van der Waals surface area contributed by atoms with Gasteiger partial charge in [0.2, 0.25) is 0 Å². The second kappa shape index (κ2) is 17.3. The Balaban J connectivity index is 0.00000119. The van der Waals surface area contributed by atoms with E-state index in [0.717, 1.165) is 45.9 Å². The fourth-order valence-corrected chi connectivity index (χ4v) is 4.81. The number of aliphatic carboxylic acids is 1. The highest BCUT2D eigenvalue weighted by Gasteiger charge is 2.23. The number of furan rings is 1. The van der Waals surface area contributed by atoms with E-state index < -0.39 is 17.9 Å². The Bertz CT molecular complexity index is 1450. The van der Waals surface area contributed by atoms with E-state index in [0.29, 0.717) is 24.3 Å². The Morgan fingerprint density at radius 3 is 2.33 bits per heavy atom. The first kappa shape index (κ1) is 33.6. The maximum atomic E-state index is 13.3. The van der Waals surface area contributed by atoms with Crippen LogP contribution in [-0.4, -0.2) is 48.8 Å². The van der Waals surface area contributed by atoms with Crippen molar-refractivity contribution in [3.63, 3.8) is 0 Å². The van der Waals surface area contributed by atoms with Gasteiger partial charge >= 0.3 is 5.97 Å². The molecule has 0 radical (unpaired) electrons. The van der Waals surface area contributed by atoms with Crippen molar-refractivity contribution < 1.29 is 28.6 Å². The lowest BCUT2D eigenvalue weighted by Crippen LogP contribution is -2.41. The number of aryl methyl sites for hydroxylation is 1. The second-order valence-corrected chi connectivity index (χ2v) is 10.9. The lowest BCUT2D eigenvalue weighted by molar-refractivity contribution is -0.139. The van der Waals surface area contributed by atoms with Gasteiger partial charge in [0.1, 0.15) is 23.7 Å². The first-order valence-electron chi connectivity index (χ1n) is 14.3. The standard InChI is InChI=1S/C32H33NO5S.C3H8O/c1-21-9-7-8-12-25(21)27-19-23(13-14-26(27)31(34)33-28(32(35)36)17-18-39-3)20-37-22(2)29-15-16-30(38-29)24-10-5-4-6-11-24;1-3-4-2/h4-16,19,22,28H,17-18,20H2,1-3H3,(H,33,34)(H,35,36);3H2,1-2H3. The van der Waals surface area contributed by atoms with Crippen molar-refractivity contribution in [1.82, 2.24) is 5.32 Å². The van der Waals surface area contributed by atoms with Crippen LogP contribution in [-0.2, 0) is 20.9 Å². The number of rotatable bonds is 13. The summed E-state index contributed by atoms with van der Waals surface area (Å²) < 4.78 is 16.7. The van der Waals surface area contributed by atoms with Crippen molar-refractivity contribution in [2.24, 2.45) is 0 Å². The minimum Gasteiger partial charge on any atom is -0.480 e. The van der Waals surface area contributed by atoms with Crippen LogP contribution >= 0.6 is 11.8 Å². The fraction of sp³-hybridized carbons (Fsp3) is 0.314. The molecule has 2 atom stereocenters. The maximum absolute atomic E-state index is 13.3. The van der Waals surface area contributed by atoms with Crippen LogP contribution in [0.3, 0.4) is 0 Å². The SMILES string of the molecule is CCOC.CSCCC(NC(=O)c1ccc(COC(C)c2ccc(-c3ccccc3)o2)cc1-c1ccccc1C)C(=O)O. The van der Waals surface area contributed by atoms with Crippen molar-refractivity contribution in [3.8, 4) is 22.5 Å². The van der Waals surface area contributed by atoms with Crippen molar-refractivity contribution >= 4 is 23.6 Å². The van der Waals surface area contributed by atoms with Gasteiger partial charge in [-0.25, -0.2) is 4.79 Å². The largest absolute Gasteiger partial charge is 0.480 e. The van der Waals surface area contributed by atoms with Gasteiger partial charge in [0.05, 0.1) is 6.61 Å². The van der Waals surface area contributed by atoms with Gasteiger partial charge in [0, 0.05) is 24.8 Å². The van der Waals surface area contributed by atoms with Gasteiger partial charge in [0.15, 0.2) is 0 Å². The molecule has 1 amide bonds. The van der Waals surface area contributed by atoms with E-state index in [1.807, 2.05) is 106 Å². The van der Waals surface area contributed by atoms with Crippen molar-refractivity contribution in [2.45, 2.75) is 45.9 Å². The molecule has 2 unspecified atom stereocenters. The van der Waals surface area contributed by atoms with Crippen molar-refractivity contribution in [1.29, 1.82) is 0 Å². The Kier molecular flexibility index (Phi) is 13.5. The number of methoxy groups -OCH3 is 1. The number of amides is 1. The summed E-state index contributed by atoms with van der Waals surface area (Å²) in [5.41, 5.74) is 4.98. The van der Waals surface area contributed by atoms with E-state index in [1.54, 1.807) is 24.9 Å². The first-order valence-corrected chi connectivity index (χ1v) is 15.7. The number of hydrogen-bond acceptors (Lipinski definition) is 6. The first-order chi connectivity index (χ1) is 20.8. The zero-order valence-corrected chi connectivity index (χ0v) is 26.3. The zero-order valence-electron chi connectivity index (χ0n) is 25.5. The summed E-state index contributed by atoms with van der Waals surface area (Å²) in [4.78, 5) is 25.0. The van der Waals surface area contributed by atoms with E-state index >= 15 is 0 Å². The quantitative estimate of drug-likeness (QED) is 0.161.